The first-order valence-corrected chi connectivity index (χ1v) is 7.44. The van der Waals surface area contributed by atoms with Crippen molar-refractivity contribution in [2.75, 3.05) is 5.75 Å². The minimum Gasteiger partial charge on any atom is -0.294 e. The second kappa shape index (κ2) is 7.12. The van der Waals surface area contributed by atoms with E-state index in [2.05, 4.69) is 30.5 Å². The average Bonchev–Trinajstić information content (AvgIpc) is 2.48. The van der Waals surface area contributed by atoms with Crippen LogP contribution in [0.15, 0.2) is 59.5 Å². The standard InChI is InChI=1S/C16H18N2OS/c1-12-6-5-9-14(10-12)20-11-15(16(19)18-17)13-7-3-2-4-8-13/h2-10,15H,11,17H2,1H3,(H,18,19). The maximum absolute atomic E-state index is 12.0. The van der Waals surface area contributed by atoms with E-state index >= 15 is 0 Å². The molecule has 104 valence electrons. The fraction of sp³-hybridized carbons (Fsp3) is 0.188. The van der Waals surface area contributed by atoms with E-state index in [0.29, 0.717) is 5.75 Å². The molecule has 20 heavy (non-hydrogen) atoms. The number of hydrazine groups is 1. The molecule has 0 aliphatic carbocycles. The number of benzene rings is 2. The van der Waals surface area contributed by atoms with Crippen molar-refractivity contribution < 1.29 is 4.79 Å². The summed E-state index contributed by atoms with van der Waals surface area (Å²) in [5.74, 6) is 5.56. The van der Waals surface area contributed by atoms with Crippen molar-refractivity contribution in [2.45, 2.75) is 17.7 Å². The van der Waals surface area contributed by atoms with Crippen molar-refractivity contribution in [3.8, 4) is 0 Å². The number of thioether (sulfide) groups is 1. The third-order valence-electron chi connectivity index (χ3n) is 3.07. The Kier molecular flexibility index (Phi) is 5.21. The molecule has 2 rings (SSSR count). The largest absolute Gasteiger partial charge is 0.294 e. The van der Waals surface area contributed by atoms with Crippen molar-refractivity contribution >= 4 is 17.7 Å². The van der Waals surface area contributed by atoms with E-state index in [9.17, 15) is 4.79 Å². The van der Waals surface area contributed by atoms with Crippen LogP contribution in [-0.4, -0.2) is 11.7 Å². The van der Waals surface area contributed by atoms with Crippen molar-refractivity contribution in [3.63, 3.8) is 0 Å². The van der Waals surface area contributed by atoms with Crippen LogP contribution in [0.4, 0.5) is 0 Å². The van der Waals surface area contributed by atoms with Crippen LogP contribution in [0.5, 0.6) is 0 Å². The summed E-state index contributed by atoms with van der Waals surface area (Å²) < 4.78 is 0. The molecule has 3 nitrogen and oxygen atoms in total. The molecule has 1 amide bonds. The summed E-state index contributed by atoms with van der Waals surface area (Å²) in [7, 11) is 0. The molecular weight excluding hydrogens is 268 g/mol. The zero-order valence-corrected chi connectivity index (χ0v) is 12.2. The van der Waals surface area contributed by atoms with E-state index in [1.54, 1.807) is 11.8 Å². The second-order valence-electron chi connectivity index (χ2n) is 4.60. The number of hydrogen-bond donors (Lipinski definition) is 2. The molecule has 0 aliphatic heterocycles. The van der Waals surface area contributed by atoms with E-state index in [4.69, 9.17) is 5.84 Å². The van der Waals surface area contributed by atoms with Gasteiger partial charge in [-0.3, -0.25) is 10.2 Å². The number of hydrogen-bond acceptors (Lipinski definition) is 3. The van der Waals surface area contributed by atoms with Gasteiger partial charge in [-0.15, -0.1) is 11.8 Å². The number of nitrogens with two attached hydrogens (primary N) is 1. The van der Waals surface area contributed by atoms with Crippen molar-refractivity contribution in [2.24, 2.45) is 5.84 Å². The fourth-order valence-corrected chi connectivity index (χ4v) is 3.14. The van der Waals surface area contributed by atoms with Gasteiger partial charge in [-0.25, -0.2) is 5.84 Å². The zero-order chi connectivity index (χ0) is 14.4. The number of rotatable bonds is 5. The highest BCUT2D eigenvalue weighted by Gasteiger charge is 2.19. The Labute approximate surface area is 123 Å². The van der Waals surface area contributed by atoms with Gasteiger partial charge in [0, 0.05) is 10.6 Å². The molecule has 0 heterocycles. The molecule has 0 spiro atoms. The summed E-state index contributed by atoms with van der Waals surface area (Å²) in [4.78, 5) is 13.1. The lowest BCUT2D eigenvalue weighted by Gasteiger charge is -2.15. The van der Waals surface area contributed by atoms with Crippen LogP contribution in [0.1, 0.15) is 17.0 Å². The number of carbonyl (C=O) groups excluding carboxylic acids is 1. The lowest BCUT2D eigenvalue weighted by atomic mass is 10.0. The van der Waals surface area contributed by atoms with Gasteiger partial charge in [0.05, 0.1) is 5.92 Å². The number of aryl methyl sites for hydroxylation is 1. The third kappa shape index (κ3) is 3.85. The molecule has 2 aromatic rings. The highest BCUT2D eigenvalue weighted by Crippen LogP contribution is 2.27. The van der Waals surface area contributed by atoms with Crippen LogP contribution in [0.25, 0.3) is 0 Å². The van der Waals surface area contributed by atoms with Crippen LogP contribution < -0.4 is 11.3 Å². The Morgan fingerprint density at radius 1 is 1.20 bits per heavy atom. The lowest BCUT2D eigenvalue weighted by molar-refractivity contribution is -0.122. The lowest BCUT2D eigenvalue weighted by Crippen LogP contribution is -2.35. The maximum Gasteiger partial charge on any atom is 0.242 e. The molecule has 0 aliphatic rings. The molecule has 0 saturated heterocycles. The van der Waals surface area contributed by atoms with Gasteiger partial charge in [-0.1, -0.05) is 48.0 Å². The van der Waals surface area contributed by atoms with Crippen LogP contribution in [0.3, 0.4) is 0 Å². The summed E-state index contributed by atoms with van der Waals surface area (Å²) in [5, 5.41) is 0. The quantitative estimate of drug-likeness (QED) is 0.384. The number of amides is 1. The van der Waals surface area contributed by atoms with Gasteiger partial charge in [-0.2, -0.15) is 0 Å². The Balaban J connectivity index is 2.11. The Hall–Kier alpha value is -1.78. The Morgan fingerprint density at radius 3 is 2.60 bits per heavy atom. The van der Waals surface area contributed by atoms with Gasteiger partial charge in [0.25, 0.3) is 0 Å². The first-order chi connectivity index (χ1) is 9.70. The molecule has 2 aromatic carbocycles. The first-order valence-electron chi connectivity index (χ1n) is 6.45. The topological polar surface area (TPSA) is 55.1 Å². The average molecular weight is 286 g/mol. The highest BCUT2D eigenvalue weighted by molar-refractivity contribution is 7.99. The minimum absolute atomic E-state index is 0.156. The molecule has 0 bridgehead atoms. The molecular formula is C16H18N2OS. The van der Waals surface area contributed by atoms with Crippen molar-refractivity contribution in [3.05, 3.63) is 65.7 Å². The number of carbonyl (C=O) groups is 1. The predicted molar refractivity (Wildman–Crippen MR) is 83.4 cm³/mol. The summed E-state index contributed by atoms with van der Waals surface area (Å²) >= 11 is 1.66. The molecule has 3 N–H and O–H groups in total. The Bertz CT molecular complexity index is 572. The van der Waals surface area contributed by atoms with Gasteiger partial charge in [-0.05, 0) is 24.6 Å². The SMILES string of the molecule is Cc1cccc(SCC(C(=O)NN)c2ccccc2)c1. The number of nitrogens with one attached hydrogen (secondary N) is 1. The fourth-order valence-electron chi connectivity index (χ4n) is 1.99. The van der Waals surface area contributed by atoms with Crippen LogP contribution in [0.2, 0.25) is 0 Å². The van der Waals surface area contributed by atoms with Gasteiger partial charge in [0.15, 0.2) is 0 Å². The summed E-state index contributed by atoms with van der Waals surface area (Å²) in [6.45, 7) is 2.06. The predicted octanol–water partition coefficient (Wildman–Crippen LogP) is 2.86. The van der Waals surface area contributed by atoms with Crippen molar-refractivity contribution in [1.29, 1.82) is 0 Å². The first kappa shape index (κ1) is 14.6. The van der Waals surface area contributed by atoms with Crippen LogP contribution >= 0.6 is 11.8 Å². The molecule has 0 radical (unpaired) electrons. The van der Waals surface area contributed by atoms with Gasteiger partial charge < -0.3 is 0 Å². The van der Waals surface area contributed by atoms with Gasteiger partial charge in [0.2, 0.25) is 5.91 Å². The summed E-state index contributed by atoms with van der Waals surface area (Å²) in [6, 6.07) is 18.0. The van der Waals surface area contributed by atoms with E-state index in [1.165, 1.54) is 5.56 Å². The minimum atomic E-state index is -0.244. The zero-order valence-electron chi connectivity index (χ0n) is 11.4. The molecule has 1 atom stereocenters. The summed E-state index contributed by atoms with van der Waals surface area (Å²) in [5.41, 5.74) is 4.46. The maximum atomic E-state index is 12.0. The van der Waals surface area contributed by atoms with Gasteiger partial charge in [0.1, 0.15) is 0 Å². The molecule has 0 aromatic heterocycles. The monoisotopic (exact) mass is 286 g/mol. The highest BCUT2D eigenvalue weighted by atomic mass is 32.2. The Morgan fingerprint density at radius 2 is 1.95 bits per heavy atom. The second-order valence-corrected chi connectivity index (χ2v) is 5.69. The van der Waals surface area contributed by atoms with Gasteiger partial charge >= 0.3 is 0 Å². The molecule has 1 unspecified atom stereocenters. The van der Waals surface area contributed by atoms with Crippen molar-refractivity contribution in [1.82, 2.24) is 5.43 Å². The van der Waals surface area contributed by atoms with E-state index in [-0.39, 0.29) is 11.8 Å². The molecule has 4 heteroatoms. The molecule has 0 fully saturated rings. The van der Waals surface area contributed by atoms with E-state index in [1.807, 2.05) is 36.4 Å². The normalized spacial score (nSPS) is 11.9. The third-order valence-corrected chi connectivity index (χ3v) is 4.15. The van der Waals surface area contributed by atoms with E-state index in [0.717, 1.165) is 10.5 Å². The van der Waals surface area contributed by atoms with Crippen LogP contribution in [0, 0.1) is 6.92 Å². The summed E-state index contributed by atoms with van der Waals surface area (Å²) in [6.07, 6.45) is 0. The smallest absolute Gasteiger partial charge is 0.242 e. The van der Waals surface area contributed by atoms with Crippen LogP contribution in [-0.2, 0) is 4.79 Å². The molecule has 0 saturated carbocycles. The van der Waals surface area contributed by atoms with E-state index < -0.39 is 0 Å².